The summed E-state index contributed by atoms with van der Waals surface area (Å²) in [4.78, 5) is 73.3. The van der Waals surface area contributed by atoms with Gasteiger partial charge < -0.3 is 20.6 Å². The van der Waals surface area contributed by atoms with Crippen LogP contribution in [0.15, 0.2) is 69.9 Å². The second-order valence-corrected chi connectivity index (χ2v) is 15.7. The third-order valence-corrected chi connectivity index (χ3v) is 10.6. The summed E-state index contributed by atoms with van der Waals surface area (Å²) in [6.45, 7) is 1.64. The van der Waals surface area contributed by atoms with Gasteiger partial charge in [0.15, 0.2) is 23.1 Å². The van der Waals surface area contributed by atoms with Gasteiger partial charge in [0.2, 0.25) is 0 Å². The van der Waals surface area contributed by atoms with Crippen molar-refractivity contribution in [3.63, 3.8) is 0 Å². The van der Waals surface area contributed by atoms with Gasteiger partial charge in [-0.1, -0.05) is 0 Å². The maximum absolute atomic E-state index is 13.0. The minimum absolute atomic E-state index is 0.0421. The second-order valence-electron chi connectivity index (χ2n) is 13.8. The number of carboxylic acid groups (broad SMARTS) is 1. The van der Waals surface area contributed by atoms with Crippen LogP contribution in [0.25, 0.3) is 0 Å². The number of carboxylic acids is 1. The van der Waals surface area contributed by atoms with Crippen LogP contribution in [-0.2, 0) is 0 Å². The van der Waals surface area contributed by atoms with Crippen LogP contribution in [0.2, 0.25) is 0 Å². The Morgan fingerprint density at radius 3 is 1.54 bits per heavy atom. The number of carbonyl (C=O) groups excluding carboxylic acids is 3. The van der Waals surface area contributed by atoms with Crippen LogP contribution in [0, 0.1) is 0 Å². The molecule has 4 bridgehead atoms. The Hall–Kier alpha value is -5.62. The van der Waals surface area contributed by atoms with Crippen molar-refractivity contribution in [1.82, 2.24) is 19.9 Å². The second kappa shape index (κ2) is 18.6. The molecule has 2 fully saturated rings. The van der Waals surface area contributed by atoms with E-state index in [0.29, 0.717) is 36.2 Å². The quantitative estimate of drug-likeness (QED) is 0.110. The molecule has 16 nitrogen and oxygen atoms in total. The maximum atomic E-state index is 13.0. The molecule has 61 heavy (non-hydrogen) atoms. The Balaban J connectivity index is 0.000000182. The highest BCUT2D eigenvalue weighted by atomic mass is 79.9. The molecule has 8 rings (SSSR count). The molecule has 4 aliphatic heterocycles. The number of nitrogens with two attached hydrogens (primary N) is 1. The number of ketones is 1. The van der Waals surface area contributed by atoms with Crippen molar-refractivity contribution in [2.75, 3.05) is 63.0 Å². The number of anilines is 6. The van der Waals surface area contributed by atoms with E-state index in [-0.39, 0.29) is 35.3 Å². The number of halogens is 8. The summed E-state index contributed by atoms with van der Waals surface area (Å²) in [7, 11) is 0. The molecule has 0 saturated carbocycles. The number of Topliss-reactive ketones (excluding diaryl/α,β-unsaturated/α-hetero) is 1. The molecule has 0 radical (unpaired) electrons. The fourth-order valence-corrected chi connectivity index (χ4v) is 7.31. The van der Waals surface area contributed by atoms with Gasteiger partial charge in [0, 0.05) is 53.9 Å². The average molecular weight is 988 g/mol. The van der Waals surface area contributed by atoms with E-state index in [1.807, 2.05) is 0 Å². The molecule has 324 valence electrons. The van der Waals surface area contributed by atoms with E-state index in [0.717, 1.165) is 40.6 Å². The number of rotatable bonds is 6. The van der Waals surface area contributed by atoms with E-state index in [9.17, 15) is 50.6 Å². The van der Waals surface area contributed by atoms with E-state index in [1.54, 1.807) is 53.7 Å². The van der Waals surface area contributed by atoms with Crippen molar-refractivity contribution < 1.29 is 50.6 Å². The zero-order valence-electron chi connectivity index (χ0n) is 31.6. The molecule has 24 heteroatoms. The number of pyridine rings is 4. The van der Waals surface area contributed by atoms with E-state index in [4.69, 9.17) is 0 Å². The molecule has 0 aromatic carbocycles. The minimum Gasteiger partial charge on any atom is -0.477 e. The Labute approximate surface area is 359 Å². The van der Waals surface area contributed by atoms with E-state index < -0.39 is 49.5 Å². The molecule has 0 spiro atoms. The lowest BCUT2D eigenvalue weighted by Gasteiger charge is -2.35. The normalized spacial score (nSPS) is 17.3. The zero-order valence-corrected chi connectivity index (χ0v) is 34.7. The number of carbonyl (C=O) groups is 4. The molecule has 2 atom stereocenters. The third-order valence-electron chi connectivity index (χ3n) is 9.64. The van der Waals surface area contributed by atoms with Gasteiger partial charge in [0.1, 0.15) is 17.3 Å². The Kier molecular flexibility index (Phi) is 13.7. The lowest BCUT2D eigenvalue weighted by molar-refractivity contribution is -0.133. The summed E-state index contributed by atoms with van der Waals surface area (Å²) in [5, 5.41) is 14.7. The van der Waals surface area contributed by atoms with Gasteiger partial charge >= 0.3 is 30.4 Å². The van der Waals surface area contributed by atoms with Crippen molar-refractivity contribution in [3.05, 3.63) is 81.3 Å². The van der Waals surface area contributed by atoms with Crippen LogP contribution < -0.4 is 36.0 Å². The topological polar surface area (TPSA) is 203 Å². The number of aromatic nitrogens is 4. The smallest absolute Gasteiger partial charge is 0.400 e. The van der Waals surface area contributed by atoms with Gasteiger partial charge in [0.25, 0.3) is 0 Å². The van der Waals surface area contributed by atoms with Crippen molar-refractivity contribution in [2.24, 2.45) is 5.73 Å². The molecule has 4 aromatic rings. The SMILES string of the molecule is NCC(F)(F)F.O=C(CCC(F)(F)F)c1ccc2c(n1)N(C(=O)Nc1ccc(Br)cn1)[C@H]1CCN2C1.O=C(O)c1ccc2c(n1)N(C(=O)Nc1ccc(Br)cn1)[C@H]1CCN2C1. The van der Waals surface area contributed by atoms with Gasteiger partial charge in [-0.3, -0.25) is 25.2 Å². The Morgan fingerprint density at radius 2 is 1.15 bits per heavy atom. The molecule has 4 amide bonds. The molecule has 5 N–H and O–H groups in total. The highest BCUT2D eigenvalue weighted by Gasteiger charge is 2.42. The monoisotopic (exact) mass is 985 g/mol. The molecule has 4 aromatic heterocycles. The number of hydrogen-bond donors (Lipinski definition) is 4. The highest BCUT2D eigenvalue weighted by molar-refractivity contribution is 9.10. The number of hydrogen-bond acceptors (Lipinski definition) is 11. The van der Waals surface area contributed by atoms with Gasteiger partial charge in [-0.05, 0) is 93.2 Å². The predicted molar refractivity (Wildman–Crippen MR) is 218 cm³/mol. The van der Waals surface area contributed by atoms with E-state index in [2.05, 4.69) is 78.0 Å². The molecule has 0 aliphatic carbocycles. The number of aromatic carboxylic acids is 1. The van der Waals surface area contributed by atoms with Crippen LogP contribution in [0.5, 0.6) is 0 Å². The molecular weight excluding hydrogens is 952 g/mol. The maximum Gasteiger partial charge on any atom is 0.400 e. The number of alkyl halides is 6. The van der Waals surface area contributed by atoms with Crippen molar-refractivity contribution in [2.45, 2.75) is 50.1 Å². The first-order chi connectivity index (χ1) is 28.8. The lowest BCUT2D eigenvalue weighted by Crippen LogP contribution is -2.48. The molecular formula is C37H35Br2F6N11O5. The van der Waals surface area contributed by atoms with E-state index >= 15 is 0 Å². The Morgan fingerprint density at radius 1 is 0.705 bits per heavy atom. The predicted octanol–water partition coefficient (Wildman–Crippen LogP) is 7.47. The van der Waals surface area contributed by atoms with E-state index in [1.165, 1.54) is 17.0 Å². The molecule has 2 saturated heterocycles. The fourth-order valence-electron chi connectivity index (χ4n) is 6.84. The summed E-state index contributed by atoms with van der Waals surface area (Å²) in [6, 6.07) is 12.1. The first-order valence-corrected chi connectivity index (χ1v) is 19.9. The highest BCUT2D eigenvalue weighted by Crippen LogP contribution is 2.41. The van der Waals surface area contributed by atoms with Gasteiger partial charge in [-0.15, -0.1) is 0 Å². The van der Waals surface area contributed by atoms with Crippen molar-refractivity contribution in [1.29, 1.82) is 0 Å². The third kappa shape index (κ3) is 11.2. The number of fused-ring (bicyclic) bond motifs is 8. The van der Waals surface area contributed by atoms with Gasteiger partial charge in [0.05, 0.1) is 36.4 Å². The number of nitrogens with one attached hydrogen (secondary N) is 2. The summed E-state index contributed by atoms with van der Waals surface area (Å²) in [5.41, 5.74) is 5.47. The summed E-state index contributed by atoms with van der Waals surface area (Å²) < 4.78 is 71.0. The van der Waals surface area contributed by atoms with Crippen LogP contribution >= 0.6 is 31.9 Å². The van der Waals surface area contributed by atoms with Gasteiger partial charge in [-0.2, -0.15) is 26.3 Å². The summed E-state index contributed by atoms with van der Waals surface area (Å²) >= 11 is 6.58. The first-order valence-electron chi connectivity index (χ1n) is 18.4. The molecule has 4 aliphatic rings. The average Bonchev–Trinajstić information content (AvgIpc) is 3.83. The standard InChI is InChI=1S/C19H17BrF3N5O2.C16H14BrN5O3.C2H4F3N/c20-11-1-4-16(24-9-11)26-18(30)28-12-6-8-27(10-12)14-3-2-13(25-17(14)28)15(29)5-7-19(21,22)23;17-9-1-4-13(18-7-9)20-16(25)22-10-5-6-21(8-10)12-3-2-11(15(23)24)19-14(12)22;3-2(4,5)1-6/h1-4,9,12H,5-8,10H2,(H,24,26,30);1-4,7,10H,5-6,8H2,(H,23,24)(H,18,20,25);1,6H2/t12-;10-;/m00./s1. The van der Waals surface area contributed by atoms with Crippen molar-refractivity contribution >= 4 is 90.3 Å². The van der Waals surface area contributed by atoms with Gasteiger partial charge in [-0.25, -0.2) is 34.3 Å². The number of urea groups is 2. The summed E-state index contributed by atoms with van der Waals surface area (Å²) in [5.74, 6) is -0.407. The largest absolute Gasteiger partial charge is 0.477 e. The van der Waals surface area contributed by atoms with Crippen molar-refractivity contribution in [3.8, 4) is 0 Å². The first kappa shape index (κ1) is 44.9. The molecule has 0 unspecified atom stereocenters. The van der Waals surface area contributed by atoms with Crippen LogP contribution in [0.4, 0.5) is 70.6 Å². The number of amides is 4. The fraction of sp³-hybridized carbons (Fsp3) is 0.351. The van der Waals surface area contributed by atoms with Crippen LogP contribution in [0.1, 0.15) is 46.7 Å². The Bertz CT molecular complexity index is 2270. The zero-order chi connectivity index (χ0) is 44.2. The van der Waals surface area contributed by atoms with Crippen LogP contribution in [-0.4, -0.2) is 106 Å². The minimum atomic E-state index is -4.42. The molecule has 8 heterocycles. The number of nitrogens with zero attached hydrogens (tertiary/aromatic N) is 8. The van der Waals surface area contributed by atoms with Crippen LogP contribution in [0.3, 0.4) is 0 Å². The summed E-state index contributed by atoms with van der Waals surface area (Å²) in [6.07, 6.45) is -5.83. The lowest BCUT2D eigenvalue weighted by atomic mass is 10.1.